The van der Waals surface area contributed by atoms with Crippen LogP contribution in [0.15, 0.2) is 59.0 Å². The van der Waals surface area contributed by atoms with Crippen LogP contribution >= 0.6 is 11.3 Å². The van der Waals surface area contributed by atoms with Crippen molar-refractivity contribution in [3.8, 4) is 17.3 Å². The Kier molecular flexibility index (Phi) is 3.68. The molecule has 0 amide bonds. The van der Waals surface area contributed by atoms with E-state index in [2.05, 4.69) is 15.3 Å². The highest BCUT2D eigenvalue weighted by molar-refractivity contribution is 7.16. The van der Waals surface area contributed by atoms with Crippen molar-refractivity contribution >= 4 is 27.3 Å². The summed E-state index contributed by atoms with van der Waals surface area (Å²) in [4.78, 5) is 0.711. The van der Waals surface area contributed by atoms with Crippen molar-refractivity contribution in [2.45, 2.75) is 20.0 Å². The average Bonchev–Trinajstić information content (AvgIpc) is 3.36. The Morgan fingerprint density at radius 3 is 2.63 bits per heavy atom. The molecule has 0 fully saturated rings. The Hall–Kier alpha value is -3.19. The summed E-state index contributed by atoms with van der Waals surface area (Å²) in [5.41, 5.74) is 1.86. The third kappa shape index (κ3) is 2.67. The molecule has 5 rings (SSSR count). The molecule has 0 bridgehead atoms. The highest BCUT2D eigenvalue weighted by Gasteiger charge is 2.22. The van der Waals surface area contributed by atoms with Crippen LogP contribution in [0.2, 0.25) is 0 Å². The van der Waals surface area contributed by atoms with E-state index in [0.717, 1.165) is 27.3 Å². The number of ether oxygens (including phenoxy) is 1. The molecule has 2 aromatic carbocycles. The summed E-state index contributed by atoms with van der Waals surface area (Å²) in [7, 11) is 0. The van der Waals surface area contributed by atoms with Crippen LogP contribution < -0.4 is 4.74 Å². The van der Waals surface area contributed by atoms with Gasteiger partial charge in [0.15, 0.2) is 10.8 Å². The molecule has 6 nitrogen and oxygen atoms in total. The Morgan fingerprint density at radius 1 is 1.04 bits per heavy atom. The molecule has 0 saturated carbocycles. The maximum absolute atomic E-state index is 6.03. The molecule has 3 aromatic heterocycles. The molecule has 0 N–H and O–H groups in total. The summed E-state index contributed by atoms with van der Waals surface area (Å²) in [6.07, 6.45) is -0.191. The summed E-state index contributed by atoms with van der Waals surface area (Å²) >= 11 is 1.46. The quantitative estimate of drug-likeness (QED) is 0.439. The number of rotatable bonds is 4. The lowest BCUT2D eigenvalue weighted by Crippen LogP contribution is -2.03. The van der Waals surface area contributed by atoms with Gasteiger partial charge in [-0.1, -0.05) is 47.7 Å². The lowest BCUT2D eigenvalue weighted by molar-refractivity contribution is 0.225. The van der Waals surface area contributed by atoms with E-state index in [9.17, 15) is 0 Å². The zero-order valence-electron chi connectivity index (χ0n) is 14.8. The first-order valence-corrected chi connectivity index (χ1v) is 9.44. The molecule has 134 valence electrons. The second kappa shape index (κ2) is 6.21. The van der Waals surface area contributed by atoms with Gasteiger partial charge in [-0.25, -0.2) is 0 Å². The SMILES string of the molecule is Cc1c(-c2nnc3sc(C(C)Oc4ccccc4)nn23)oc2ccccc12. The summed E-state index contributed by atoms with van der Waals surface area (Å²) in [6.45, 7) is 4.00. The van der Waals surface area contributed by atoms with E-state index in [0.29, 0.717) is 16.5 Å². The fraction of sp³-hybridized carbons (Fsp3) is 0.150. The maximum Gasteiger partial charge on any atom is 0.235 e. The monoisotopic (exact) mass is 376 g/mol. The Morgan fingerprint density at radius 2 is 1.81 bits per heavy atom. The predicted octanol–water partition coefficient (Wildman–Crippen LogP) is 5.05. The minimum absolute atomic E-state index is 0.191. The second-order valence-electron chi connectivity index (χ2n) is 6.28. The number of nitrogens with zero attached hydrogens (tertiary/aromatic N) is 4. The van der Waals surface area contributed by atoms with Gasteiger partial charge < -0.3 is 9.15 Å². The van der Waals surface area contributed by atoms with Gasteiger partial charge in [-0.05, 0) is 32.0 Å². The minimum Gasteiger partial charge on any atom is -0.483 e. The zero-order valence-corrected chi connectivity index (χ0v) is 15.6. The van der Waals surface area contributed by atoms with Crippen LogP contribution in [0.1, 0.15) is 23.6 Å². The first-order valence-electron chi connectivity index (χ1n) is 8.63. The van der Waals surface area contributed by atoms with E-state index in [-0.39, 0.29) is 6.10 Å². The third-order valence-electron chi connectivity index (χ3n) is 4.46. The number of benzene rings is 2. The van der Waals surface area contributed by atoms with Crippen molar-refractivity contribution in [1.29, 1.82) is 0 Å². The largest absolute Gasteiger partial charge is 0.483 e. The molecule has 1 unspecified atom stereocenters. The topological polar surface area (TPSA) is 65.5 Å². The minimum atomic E-state index is -0.191. The van der Waals surface area contributed by atoms with Crippen molar-refractivity contribution in [2.75, 3.05) is 0 Å². The number of hydrogen-bond acceptors (Lipinski definition) is 6. The van der Waals surface area contributed by atoms with Gasteiger partial charge in [0, 0.05) is 10.9 Å². The van der Waals surface area contributed by atoms with E-state index in [1.807, 2.05) is 68.4 Å². The molecule has 0 spiro atoms. The first-order chi connectivity index (χ1) is 13.2. The molecule has 1 atom stereocenters. The van der Waals surface area contributed by atoms with E-state index >= 15 is 0 Å². The van der Waals surface area contributed by atoms with Crippen LogP contribution in [0.25, 0.3) is 27.5 Å². The number of furan rings is 1. The van der Waals surface area contributed by atoms with E-state index in [4.69, 9.17) is 9.15 Å². The van der Waals surface area contributed by atoms with Crippen LogP contribution in [-0.4, -0.2) is 19.8 Å². The molecular formula is C20H16N4O2S. The van der Waals surface area contributed by atoms with Gasteiger partial charge in [0.2, 0.25) is 10.8 Å². The Bertz CT molecular complexity index is 1240. The third-order valence-corrected chi connectivity index (χ3v) is 5.52. The number of hydrogen-bond donors (Lipinski definition) is 0. The number of para-hydroxylation sites is 2. The molecule has 3 heterocycles. The molecule has 0 radical (unpaired) electrons. The lowest BCUT2D eigenvalue weighted by Gasteiger charge is -2.11. The Balaban J connectivity index is 1.54. The van der Waals surface area contributed by atoms with Crippen LogP contribution in [0.4, 0.5) is 0 Å². The van der Waals surface area contributed by atoms with Crippen molar-refractivity contribution < 1.29 is 9.15 Å². The predicted molar refractivity (Wildman–Crippen MR) is 104 cm³/mol. The van der Waals surface area contributed by atoms with Crippen LogP contribution in [-0.2, 0) is 0 Å². The number of aromatic nitrogens is 4. The summed E-state index contributed by atoms with van der Waals surface area (Å²) < 4.78 is 13.7. The second-order valence-corrected chi connectivity index (χ2v) is 7.27. The van der Waals surface area contributed by atoms with Crippen molar-refractivity contribution in [3.63, 3.8) is 0 Å². The Labute approximate surface area is 159 Å². The maximum atomic E-state index is 6.03. The van der Waals surface area contributed by atoms with Gasteiger partial charge in [-0.3, -0.25) is 0 Å². The fourth-order valence-electron chi connectivity index (χ4n) is 3.08. The molecular weight excluding hydrogens is 360 g/mol. The normalized spacial score (nSPS) is 12.7. The van der Waals surface area contributed by atoms with Gasteiger partial charge >= 0.3 is 0 Å². The molecule has 0 saturated heterocycles. The first kappa shape index (κ1) is 16.0. The summed E-state index contributed by atoms with van der Waals surface area (Å²) in [6, 6.07) is 17.7. The van der Waals surface area contributed by atoms with Crippen molar-refractivity contribution in [2.24, 2.45) is 0 Å². The van der Waals surface area contributed by atoms with Gasteiger partial charge in [0.25, 0.3) is 0 Å². The zero-order chi connectivity index (χ0) is 18.4. The molecule has 27 heavy (non-hydrogen) atoms. The molecule has 0 aliphatic carbocycles. The summed E-state index contributed by atoms with van der Waals surface area (Å²) in [5, 5.41) is 15.1. The standard InChI is InChI=1S/C20H16N4O2S/c1-12-15-10-6-7-11-16(15)26-17(12)18-21-22-20-24(18)23-19(27-20)13(2)25-14-8-4-3-5-9-14/h3-11,13H,1-2H3. The van der Waals surface area contributed by atoms with Gasteiger partial charge in [0.1, 0.15) is 17.4 Å². The van der Waals surface area contributed by atoms with Crippen LogP contribution in [0.5, 0.6) is 5.75 Å². The van der Waals surface area contributed by atoms with Crippen molar-refractivity contribution in [3.05, 3.63) is 65.2 Å². The van der Waals surface area contributed by atoms with E-state index in [1.54, 1.807) is 4.52 Å². The molecule has 0 aliphatic heterocycles. The molecule has 7 heteroatoms. The van der Waals surface area contributed by atoms with Gasteiger partial charge in [-0.2, -0.15) is 9.61 Å². The highest BCUT2D eigenvalue weighted by Crippen LogP contribution is 2.33. The highest BCUT2D eigenvalue weighted by atomic mass is 32.1. The van der Waals surface area contributed by atoms with Gasteiger partial charge in [-0.15, -0.1) is 10.2 Å². The van der Waals surface area contributed by atoms with E-state index in [1.165, 1.54) is 11.3 Å². The summed E-state index contributed by atoms with van der Waals surface area (Å²) in [5.74, 6) is 2.11. The fourth-order valence-corrected chi connectivity index (χ4v) is 3.90. The van der Waals surface area contributed by atoms with E-state index < -0.39 is 0 Å². The number of aryl methyl sites for hydroxylation is 1. The molecule has 5 aromatic rings. The average molecular weight is 376 g/mol. The van der Waals surface area contributed by atoms with Crippen LogP contribution in [0, 0.1) is 6.92 Å². The van der Waals surface area contributed by atoms with Crippen LogP contribution in [0.3, 0.4) is 0 Å². The van der Waals surface area contributed by atoms with Crippen molar-refractivity contribution in [1.82, 2.24) is 19.8 Å². The number of fused-ring (bicyclic) bond motifs is 2. The molecule has 0 aliphatic rings. The smallest absolute Gasteiger partial charge is 0.235 e. The van der Waals surface area contributed by atoms with Gasteiger partial charge in [0.05, 0.1) is 0 Å². The lowest BCUT2D eigenvalue weighted by atomic mass is 10.1.